The molecule has 2 nitrogen and oxygen atoms in total. The molecule has 0 radical (unpaired) electrons. The van der Waals surface area contributed by atoms with Crippen LogP contribution >= 0.6 is 11.6 Å². The maximum Gasteiger partial charge on any atom is 0.133 e. The molecular weight excluding hydrogens is 284 g/mol. The van der Waals surface area contributed by atoms with Gasteiger partial charge in [0.25, 0.3) is 0 Å². The molecule has 0 aromatic heterocycles. The Morgan fingerprint density at radius 1 is 1.10 bits per heavy atom. The molecule has 2 aromatic rings. The van der Waals surface area contributed by atoms with E-state index in [2.05, 4.69) is 5.32 Å². The summed E-state index contributed by atoms with van der Waals surface area (Å²) in [5.74, 6) is -1.03. The van der Waals surface area contributed by atoms with Crippen molar-refractivity contribution in [3.8, 4) is 11.1 Å². The summed E-state index contributed by atoms with van der Waals surface area (Å²) in [5, 5.41) is 12.3. The van der Waals surface area contributed by atoms with Gasteiger partial charge in [-0.05, 0) is 29.8 Å². The number of rotatable bonds is 5. The molecule has 0 bridgehead atoms. The van der Waals surface area contributed by atoms with E-state index in [0.717, 1.165) is 11.8 Å². The highest BCUT2D eigenvalue weighted by Crippen LogP contribution is 2.24. The molecule has 0 saturated carbocycles. The second-order valence-electron chi connectivity index (χ2n) is 4.39. The third-order valence-corrected chi connectivity index (χ3v) is 3.20. The maximum absolute atomic E-state index is 13.6. The Balaban J connectivity index is 2.11. The molecule has 5 heteroatoms. The minimum Gasteiger partial charge on any atom is -0.390 e. The van der Waals surface area contributed by atoms with Crippen molar-refractivity contribution in [3.05, 3.63) is 54.1 Å². The summed E-state index contributed by atoms with van der Waals surface area (Å²) in [4.78, 5) is 0. The minimum atomic E-state index is -0.620. The first-order chi connectivity index (χ1) is 9.60. The Labute approximate surface area is 121 Å². The van der Waals surface area contributed by atoms with Crippen molar-refractivity contribution in [2.45, 2.75) is 6.10 Å². The van der Waals surface area contributed by atoms with Crippen molar-refractivity contribution in [2.24, 2.45) is 0 Å². The fourth-order valence-corrected chi connectivity index (χ4v) is 1.89. The smallest absolute Gasteiger partial charge is 0.133 e. The van der Waals surface area contributed by atoms with Crippen LogP contribution in [0.1, 0.15) is 0 Å². The third-order valence-electron chi connectivity index (χ3n) is 2.85. The highest BCUT2D eigenvalue weighted by Gasteiger charge is 2.06. The van der Waals surface area contributed by atoms with Gasteiger partial charge in [-0.2, -0.15) is 0 Å². The van der Waals surface area contributed by atoms with Gasteiger partial charge < -0.3 is 10.4 Å². The Morgan fingerprint density at radius 2 is 1.80 bits per heavy atom. The van der Waals surface area contributed by atoms with E-state index in [4.69, 9.17) is 11.6 Å². The van der Waals surface area contributed by atoms with E-state index in [1.54, 1.807) is 24.3 Å². The zero-order valence-electron chi connectivity index (χ0n) is 10.6. The van der Waals surface area contributed by atoms with Gasteiger partial charge in [0.2, 0.25) is 0 Å². The molecule has 2 rings (SSSR count). The predicted octanol–water partition coefficient (Wildman–Crippen LogP) is 3.64. The molecule has 0 heterocycles. The van der Waals surface area contributed by atoms with Crippen molar-refractivity contribution >= 4 is 17.3 Å². The van der Waals surface area contributed by atoms with Crippen LogP contribution in [0.4, 0.5) is 14.5 Å². The van der Waals surface area contributed by atoms with E-state index < -0.39 is 17.7 Å². The molecular formula is C15H14ClF2NO. The number of hydrogen-bond acceptors (Lipinski definition) is 2. The van der Waals surface area contributed by atoms with Gasteiger partial charge in [0.15, 0.2) is 0 Å². The number of aliphatic hydroxyl groups is 1. The zero-order chi connectivity index (χ0) is 14.5. The van der Waals surface area contributed by atoms with Crippen LogP contribution in [0.5, 0.6) is 0 Å². The van der Waals surface area contributed by atoms with Gasteiger partial charge in [0.05, 0.1) is 12.0 Å². The maximum atomic E-state index is 13.6. The quantitative estimate of drug-likeness (QED) is 0.826. The number of nitrogens with one attached hydrogen (secondary N) is 1. The van der Waals surface area contributed by atoms with Crippen LogP contribution in [0.15, 0.2) is 42.5 Å². The molecule has 106 valence electrons. The van der Waals surface area contributed by atoms with E-state index in [-0.39, 0.29) is 5.88 Å². The number of aliphatic hydroxyl groups excluding tert-OH is 1. The van der Waals surface area contributed by atoms with Crippen molar-refractivity contribution in [3.63, 3.8) is 0 Å². The molecule has 0 aliphatic rings. The lowest BCUT2D eigenvalue weighted by Gasteiger charge is -2.11. The summed E-state index contributed by atoms with van der Waals surface area (Å²) >= 11 is 5.49. The first-order valence-corrected chi connectivity index (χ1v) is 6.67. The molecule has 1 unspecified atom stereocenters. The highest BCUT2D eigenvalue weighted by molar-refractivity contribution is 6.18. The lowest BCUT2D eigenvalue weighted by atomic mass is 10.0. The molecule has 2 aromatic carbocycles. The van der Waals surface area contributed by atoms with Gasteiger partial charge in [-0.3, -0.25) is 0 Å². The van der Waals surface area contributed by atoms with E-state index in [1.165, 1.54) is 12.1 Å². The van der Waals surface area contributed by atoms with Crippen LogP contribution in [0.3, 0.4) is 0 Å². The molecule has 0 spiro atoms. The van der Waals surface area contributed by atoms with Gasteiger partial charge >= 0.3 is 0 Å². The average molecular weight is 298 g/mol. The molecule has 2 N–H and O–H groups in total. The van der Waals surface area contributed by atoms with Crippen LogP contribution in [0.2, 0.25) is 0 Å². The molecule has 20 heavy (non-hydrogen) atoms. The Kier molecular flexibility index (Phi) is 4.93. The summed E-state index contributed by atoms with van der Waals surface area (Å²) < 4.78 is 26.5. The van der Waals surface area contributed by atoms with Crippen molar-refractivity contribution in [2.75, 3.05) is 17.7 Å². The summed E-state index contributed by atoms with van der Waals surface area (Å²) in [6.45, 7) is 0.341. The van der Waals surface area contributed by atoms with Gasteiger partial charge in [0, 0.05) is 23.9 Å². The fraction of sp³-hybridized carbons (Fsp3) is 0.200. The van der Waals surface area contributed by atoms with Crippen LogP contribution in [0, 0.1) is 11.6 Å². The van der Waals surface area contributed by atoms with Gasteiger partial charge in [-0.15, -0.1) is 11.6 Å². The van der Waals surface area contributed by atoms with Crippen molar-refractivity contribution in [1.82, 2.24) is 0 Å². The Morgan fingerprint density at radius 3 is 2.40 bits per heavy atom. The first kappa shape index (κ1) is 14.8. The fourth-order valence-electron chi connectivity index (χ4n) is 1.78. The summed E-state index contributed by atoms with van der Waals surface area (Å²) in [5.41, 5.74) is 1.80. The van der Waals surface area contributed by atoms with Crippen LogP contribution < -0.4 is 5.32 Å². The average Bonchev–Trinajstić information content (AvgIpc) is 2.45. The molecule has 0 aliphatic carbocycles. The number of halogens is 3. The summed E-state index contributed by atoms with van der Waals surface area (Å²) in [6, 6.07) is 10.5. The largest absolute Gasteiger partial charge is 0.390 e. The van der Waals surface area contributed by atoms with E-state index >= 15 is 0 Å². The number of alkyl halides is 1. The monoisotopic (exact) mass is 297 g/mol. The van der Waals surface area contributed by atoms with Crippen molar-refractivity contribution in [1.29, 1.82) is 0 Å². The van der Waals surface area contributed by atoms with Crippen LogP contribution in [0.25, 0.3) is 11.1 Å². The predicted molar refractivity (Wildman–Crippen MR) is 77.0 cm³/mol. The Hall–Kier alpha value is -1.65. The van der Waals surface area contributed by atoms with E-state index in [0.29, 0.717) is 17.7 Å². The second-order valence-corrected chi connectivity index (χ2v) is 4.70. The number of hydrogen-bond donors (Lipinski definition) is 2. The topological polar surface area (TPSA) is 32.3 Å². The lowest BCUT2D eigenvalue weighted by Crippen LogP contribution is -2.20. The highest BCUT2D eigenvalue weighted by atomic mass is 35.5. The van der Waals surface area contributed by atoms with Crippen molar-refractivity contribution < 1.29 is 13.9 Å². The number of benzene rings is 2. The normalized spacial score (nSPS) is 12.2. The Bertz CT molecular complexity index is 575. The second kappa shape index (κ2) is 6.68. The SMILES string of the molecule is OC(CCl)CNc1ccc(-c2ccc(F)cc2F)cc1. The standard InChI is InChI=1S/C15H14ClF2NO/c16-8-13(20)9-19-12-4-1-10(2-5-12)14-6-3-11(17)7-15(14)18/h1-7,13,19-20H,8-9H2. The molecule has 0 fully saturated rings. The van der Waals surface area contributed by atoms with E-state index in [9.17, 15) is 13.9 Å². The third kappa shape index (κ3) is 3.68. The van der Waals surface area contributed by atoms with Gasteiger partial charge in [0.1, 0.15) is 11.6 Å². The van der Waals surface area contributed by atoms with Crippen LogP contribution in [-0.2, 0) is 0 Å². The van der Waals surface area contributed by atoms with Gasteiger partial charge in [-0.25, -0.2) is 8.78 Å². The number of anilines is 1. The molecule has 0 aliphatic heterocycles. The molecule has 0 saturated heterocycles. The zero-order valence-corrected chi connectivity index (χ0v) is 11.4. The minimum absolute atomic E-state index is 0.159. The summed E-state index contributed by atoms with van der Waals surface area (Å²) in [6.07, 6.45) is -0.620. The van der Waals surface area contributed by atoms with Crippen LogP contribution in [-0.4, -0.2) is 23.6 Å². The lowest BCUT2D eigenvalue weighted by molar-refractivity contribution is 0.211. The summed E-state index contributed by atoms with van der Waals surface area (Å²) in [7, 11) is 0. The molecule has 0 amide bonds. The van der Waals surface area contributed by atoms with Gasteiger partial charge in [-0.1, -0.05) is 12.1 Å². The first-order valence-electron chi connectivity index (χ1n) is 6.13. The van der Waals surface area contributed by atoms with E-state index in [1.807, 2.05) is 0 Å². The molecule has 1 atom stereocenters.